The van der Waals surface area contributed by atoms with Crippen molar-refractivity contribution >= 4 is 25.9 Å². The van der Waals surface area contributed by atoms with Crippen LogP contribution < -0.4 is 5.32 Å². The number of amides is 1. The van der Waals surface area contributed by atoms with Crippen LogP contribution in [0.25, 0.3) is 10.9 Å². The monoisotopic (exact) mass is 426 g/mol. The van der Waals surface area contributed by atoms with Crippen molar-refractivity contribution in [3.8, 4) is 0 Å². The SMILES string of the molecule is CC(C)C(C)(C)C(O[SiH](C)C)[C@@H]1CNC(=O)c2cc3ccc(C(F)(F)F)cc3n21. The summed E-state index contributed by atoms with van der Waals surface area (Å²) in [5, 5.41) is 3.54. The summed E-state index contributed by atoms with van der Waals surface area (Å²) in [6.45, 7) is 13.0. The van der Waals surface area contributed by atoms with Crippen molar-refractivity contribution in [3.05, 3.63) is 35.5 Å². The van der Waals surface area contributed by atoms with Crippen LogP contribution in [0.15, 0.2) is 24.3 Å². The van der Waals surface area contributed by atoms with Crippen LogP contribution in [0.5, 0.6) is 0 Å². The third-order valence-corrected chi connectivity index (χ3v) is 7.03. The van der Waals surface area contributed by atoms with E-state index in [4.69, 9.17) is 4.43 Å². The van der Waals surface area contributed by atoms with Crippen LogP contribution >= 0.6 is 0 Å². The molecule has 0 fully saturated rings. The lowest BCUT2D eigenvalue weighted by Crippen LogP contribution is -2.51. The number of nitrogens with one attached hydrogen (secondary N) is 1. The Morgan fingerprint density at radius 3 is 2.41 bits per heavy atom. The molecule has 4 nitrogen and oxygen atoms in total. The lowest BCUT2D eigenvalue weighted by atomic mass is 9.73. The molecule has 1 aliphatic heterocycles. The Labute approximate surface area is 171 Å². The Morgan fingerprint density at radius 2 is 1.86 bits per heavy atom. The van der Waals surface area contributed by atoms with Gasteiger partial charge in [0.2, 0.25) is 0 Å². The molecule has 1 amide bonds. The van der Waals surface area contributed by atoms with Crippen molar-refractivity contribution in [2.45, 2.75) is 59.1 Å². The predicted molar refractivity (Wildman–Crippen MR) is 111 cm³/mol. The molecule has 1 aromatic carbocycles. The van der Waals surface area contributed by atoms with E-state index in [-0.39, 0.29) is 29.4 Å². The van der Waals surface area contributed by atoms with Crippen molar-refractivity contribution in [1.29, 1.82) is 0 Å². The Kier molecular flexibility index (Phi) is 5.64. The molecular weight excluding hydrogens is 397 g/mol. The highest BCUT2D eigenvalue weighted by Gasteiger charge is 2.43. The van der Waals surface area contributed by atoms with Gasteiger partial charge in [-0.1, -0.05) is 33.8 Å². The van der Waals surface area contributed by atoms with E-state index in [1.165, 1.54) is 6.07 Å². The highest BCUT2D eigenvalue weighted by Crippen LogP contribution is 2.42. The van der Waals surface area contributed by atoms with Gasteiger partial charge in [-0.2, -0.15) is 13.2 Å². The number of aromatic nitrogens is 1. The van der Waals surface area contributed by atoms with Crippen LogP contribution in [0.3, 0.4) is 0 Å². The van der Waals surface area contributed by atoms with Crippen LogP contribution in [-0.4, -0.2) is 32.2 Å². The fraction of sp³-hybridized carbons (Fsp3) is 0.571. The van der Waals surface area contributed by atoms with Gasteiger partial charge in [0, 0.05) is 17.4 Å². The molecule has 2 heterocycles. The first-order valence-corrected chi connectivity index (χ1v) is 12.8. The second-order valence-corrected chi connectivity index (χ2v) is 11.4. The van der Waals surface area contributed by atoms with E-state index in [1.54, 1.807) is 10.6 Å². The average molecular weight is 427 g/mol. The lowest BCUT2D eigenvalue weighted by Gasteiger charge is -2.45. The maximum atomic E-state index is 13.3. The second-order valence-electron chi connectivity index (χ2n) is 9.03. The maximum absolute atomic E-state index is 13.3. The highest BCUT2D eigenvalue weighted by atomic mass is 28.3. The van der Waals surface area contributed by atoms with Gasteiger partial charge in [0.25, 0.3) is 5.91 Å². The normalized spacial score (nSPS) is 19.0. The topological polar surface area (TPSA) is 43.3 Å². The van der Waals surface area contributed by atoms with E-state index >= 15 is 0 Å². The van der Waals surface area contributed by atoms with E-state index in [0.29, 0.717) is 23.1 Å². The van der Waals surface area contributed by atoms with Crippen LogP contribution in [0, 0.1) is 11.3 Å². The smallest absolute Gasteiger partial charge is 0.415 e. The predicted octanol–water partition coefficient (Wildman–Crippen LogP) is 5.00. The molecule has 3 rings (SSSR count). The fourth-order valence-corrected chi connectivity index (χ4v) is 5.05. The Balaban J connectivity index is 2.22. The molecule has 1 unspecified atom stereocenters. The van der Waals surface area contributed by atoms with Gasteiger partial charge in [-0.05, 0) is 42.6 Å². The summed E-state index contributed by atoms with van der Waals surface area (Å²) in [4.78, 5) is 12.5. The van der Waals surface area contributed by atoms with Crippen molar-refractivity contribution in [2.75, 3.05) is 6.54 Å². The number of carbonyl (C=O) groups is 1. The van der Waals surface area contributed by atoms with Gasteiger partial charge in [-0.15, -0.1) is 0 Å². The molecular formula is C21H29F3N2O2Si. The number of nitrogens with zero attached hydrogens (tertiary/aromatic N) is 1. The molecule has 1 aliphatic rings. The molecule has 1 aromatic heterocycles. The Hall–Kier alpha value is -1.80. The van der Waals surface area contributed by atoms with Crippen LogP contribution in [0.1, 0.15) is 49.8 Å². The minimum atomic E-state index is -4.44. The molecule has 2 aromatic rings. The molecule has 0 saturated heterocycles. The van der Waals surface area contributed by atoms with E-state index in [2.05, 4.69) is 46.1 Å². The van der Waals surface area contributed by atoms with Gasteiger partial charge in [0.05, 0.1) is 17.7 Å². The third-order valence-electron chi connectivity index (χ3n) is 6.19. The van der Waals surface area contributed by atoms with Crippen molar-refractivity contribution in [1.82, 2.24) is 9.88 Å². The summed E-state index contributed by atoms with van der Waals surface area (Å²) in [5.74, 6) is 0.0165. The quantitative estimate of drug-likeness (QED) is 0.684. The number of hydrogen-bond acceptors (Lipinski definition) is 2. The number of alkyl halides is 3. The first-order chi connectivity index (χ1) is 13.3. The molecule has 0 radical (unpaired) electrons. The van der Waals surface area contributed by atoms with E-state index in [9.17, 15) is 18.0 Å². The molecule has 160 valence electrons. The number of benzene rings is 1. The Morgan fingerprint density at radius 1 is 1.21 bits per heavy atom. The first kappa shape index (κ1) is 21.9. The summed E-state index contributed by atoms with van der Waals surface area (Å²) >= 11 is 0. The second kappa shape index (κ2) is 7.47. The third kappa shape index (κ3) is 3.96. The first-order valence-electron chi connectivity index (χ1n) is 10.00. The summed E-state index contributed by atoms with van der Waals surface area (Å²) in [6.07, 6.45) is -4.68. The van der Waals surface area contributed by atoms with E-state index in [1.807, 2.05) is 0 Å². The lowest BCUT2D eigenvalue weighted by molar-refractivity contribution is -0.137. The minimum absolute atomic E-state index is 0.237. The minimum Gasteiger partial charge on any atom is -0.415 e. The molecule has 1 N–H and O–H groups in total. The van der Waals surface area contributed by atoms with Gasteiger partial charge >= 0.3 is 6.18 Å². The summed E-state index contributed by atoms with van der Waals surface area (Å²) in [7, 11) is -1.46. The summed E-state index contributed by atoms with van der Waals surface area (Å²) < 4.78 is 48.3. The Bertz CT molecular complexity index is 919. The molecule has 0 bridgehead atoms. The molecule has 2 atom stereocenters. The van der Waals surface area contributed by atoms with Crippen molar-refractivity contribution < 1.29 is 22.4 Å². The van der Waals surface area contributed by atoms with E-state index in [0.717, 1.165) is 12.1 Å². The molecule has 29 heavy (non-hydrogen) atoms. The zero-order valence-electron chi connectivity index (χ0n) is 17.7. The largest absolute Gasteiger partial charge is 0.416 e. The van der Waals surface area contributed by atoms with E-state index < -0.39 is 20.8 Å². The maximum Gasteiger partial charge on any atom is 0.416 e. The van der Waals surface area contributed by atoms with Gasteiger partial charge < -0.3 is 14.3 Å². The van der Waals surface area contributed by atoms with Gasteiger partial charge in [0.15, 0.2) is 9.04 Å². The number of fused-ring (bicyclic) bond motifs is 3. The molecule has 0 aliphatic carbocycles. The van der Waals surface area contributed by atoms with Gasteiger partial charge in [-0.25, -0.2) is 0 Å². The zero-order valence-corrected chi connectivity index (χ0v) is 18.9. The summed E-state index contributed by atoms with van der Waals surface area (Å²) in [6, 6.07) is 5.04. The fourth-order valence-electron chi connectivity index (χ4n) is 3.93. The van der Waals surface area contributed by atoms with Gasteiger partial charge in [-0.3, -0.25) is 4.79 Å². The summed E-state index contributed by atoms with van der Waals surface area (Å²) in [5.41, 5.74) is -0.142. The number of hydrogen-bond donors (Lipinski definition) is 1. The number of rotatable bonds is 5. The zero-order chi connectivity index (χ0) is 21.7. The van der Waals surface area contributed by atoms with Crippen LogP contribution in [-0.2, 0) is 10.6 Å². The highest BCUT2D eigenvalue weighted by molar-refractivity contribution is 6.48. The van der Waals surface area contributed by atoms with Gasteiger partial charge in [0.1, 0.15) is 5.69 Å². The van der Waals surface area contributed by atoms with Crippen molar-refractivity contribution in [2.24, 2.45) is 11.3 Å². The molecule has 8 heteroatoms. The van der Waals surface area contributed by atoms with Crippen LogP contribution in [0.4, 0.5) is 13.2 Å². The van der Waals surface area contributed by atoms with Crippen LogP contribution in [0.2, 0.25) is 13.1 Å². The van der Waals surface area contributed by atoms with Crippen molar-refractivity contribution in [3.63, 3.8) is 0 Å². The standard InChI is InChI=1S/C21H29F3N2O2Si/c1-12(2)20(3,4)18(28-29(5)6)17-11-25-19(27)16-9-13-7-8-14(21(22,23)24)10-15(13)26(16)17/h7-10,12,17-18,29H,11H2,1-6H3,(H,25,27)/t17-,18?/m0/s1. The number of carbonyl (C=O) groups excluding carboxylic acids is 1. The molecule has 0 spiro atoms. The average Bonchev–Trinajstić information content (AvgIpc) is 2.99. The number of halogens is 3. The molecule has 0 saturated carbocycles.